The molecule has 1 aliphatic rings. The number of halogens is 1. The van der Waals surface area contributed by atoms with Crippen LogP contribution in [0.2, 0.25) is 0 Å². The van der Waals surface area contributed by atoms with Crippen molar-refractivity contribution in [2.75, 3.05) is 16.8 Å². The van der Waals surface area contributed by atoms with Gasteiger partial charge in [-0.15, -0.1) is 11.3 Å². The van der Waals surface area contributed by atoms with E-state index in [9.17, 15) is 9.18 Å². The number of carbonyl (C=O) groups excluding carboxylic acids is 1. The van der Waals surface area contributed by atoms with Gasteiger partial charge in [0, 0.05) is 29.3 Å². The van der Waals surface area contributed by atoms with E-state index in [-0.39, 0.29) is 11.7 Å². The van der Waals surface area contributed by atoms with Gasteiger partial charge in [0.25, 0.3) is 0 Å². The predicted molar refractivity (Wildman–Crippen MR) is 104 cm³/mol. The highest BCUT2D eigenvalue weighted by Crippen LogP contribution is 2.31. The number of nitrogens with zero attached hydrogens (tertiary/aromatic N) is 1. The van der Waals surface area contributed by atoms with Crippen LogP contribution in [0.15, 0.2) is 60.0 Å². The summed E-state index contributed by atoms with van der Waals surface area (Å²) in [4.78, 5) is 15.5. The first-order valence-electron chi connectivity index (χ1n) is 8.62. The Balaban J connectivity index is 1.42. The summed E-state index contributed by atoms with van der Waals surface area (Å²) in [6, 6.07) is 16.7. The Kier molecular flexibility index (Phi) is 4.71. The third kappa shape index (κ3) is 3.78. The van der Waals surface area contributed by atoms with Gasteiger partial charge in [0.05, 0.1) is 6.42 Å². The fraction of sp³-hybridized carbons (Fsp3) is 0.190. The largest absolute Gasteiger partial charge is 0.367 e. The summed E-state index contributed by atoms with van der Waals surface area (Å²) in [6.45, 7) is 1.69. The number of hydrogen-bond acceptors (Lipinski definition) is 3. The molecule has 1 amide bonds. The first kappa shape index (κ1) is 16.8. The third-order valence-corrected chi connectivity index (χ3v) is 5.43. The van der Waals surface area contributed by atoms with E-state index in [0.29, 0.717) is 6.42 Å². The van der Waals surface area contributed by atoms with Gasteiger partial charge < -0.3 is 10.2 Å². The molecule has 0 atom stereocenters. The number of carbonyl (C=O) groups is 1. The maximum atomic E-state index is 13.1. The zero-order valence-corrected chi connectivity index (χ0v) is 15.1. The van der Waals surface area contributed by atoms with Crippen molar-refractivity contribution in [3.05, 3.63) is 81.8 Å². The quantitative estimate of drug-likeness (QED) is 0.714. The molecule has 3 aromatic rings. The molecule has 3 nitrogen and oxygen atoms in total. The minimum Gasteiger partial charge on any atom is -0.367 e. The fourth-order valence-electron chi connectivity index (χ4n) is 3.30. The molecule has 5 heteroatoms. The molecule has 0 fully saturated rings. The van der Waals surface area contributed by atoms with E-state index in [2.05, 4.69) is 22.3 Å². The Hall–Kier alpha value is -2.66. The second kappa shape index (κ2) is 7.30. The van der Waals surface area contributed by atoms with Crippen LogP contribution in [0.4, 0.5) is 15.8 Å². The summed E-state index contributed by atoms with van der Waals surface area (Å²) < 4.78 is 13.1. The van der Waals surface area contributed by atoms with Gasteiger partial charge in [-0.1, -0.05) is 18.2 Å². The van der Waals surface area contributed by atoms with E-state index >= 15 is 0 Å². The zero-order valence-electron chi connectivity index (χ0n) is 14.2. The van der Waals surface area contributed by atoms with Crippen molar-refractivity contribution >= 4 is 28.6 Å². The second-order valence-electron chi connectivity index (χ2n) is 6.45. The molecule has 0 saturated carbocycles. The molecule has 1 aromatic heterocycles. The van der Waals surface area contributed by atoms with Gasteiger partial charge in [0.2, 0.25) is 5.91 Å². The molecule has 0 bridgehead atoms. The molecule has 0 radical (unpaired) electrons. The second-order valence-corrected chi connectivity index (χ2v) is 7.48. The van der Waals surface area contributed by atoms with Crippen LogP contribution < -0.4 is 10.2 Å². The Labute approximate surface area is 156 Å². The average Bonchev–Trinajstić information content (AvgIpc) is 3.27. The van der Waals surface area contributed by atoms with Gasteiger partial charge in [-0.3, -0.25) is 4.79 Å². The fourth-order valence-corrected chi connectivity index (χ4v) is 4.00. The molecule has 0 saturated heterocycles. The number of amides is 1. The van der Waals surface area contributed by atoms with Crippen LogP contribution in [-0.2, 0) is 24.2 Å². The van der Waals surface area contributed by atoms with Crippen molar-refractivity contribution < 1.29 is 9.18 Å². The summed E-state index contributed by atoms with van der Waals surface area (Å²) in [5, 5.41) is 4.97. The van der Waals surface area contributed by atoms with Gasteiger partial charge in [0.15, 0.2) is 0 Å². The van der Waals surface area contributed by atoms with Gasteiger partial charge in [-0.05, 0) is 59.3 Å². The van der Waals surface area contributed by atoms with Crippen molar-refractivity contribution in [1.29, 1.82) is 0 Å². The van der Waals surface area contributed by atoms with Gasteiger partial charge in [-0.2, -0.15) is 0 Å². The van der Waals surface area contributed by atoms with Crippen LogP contribution in [0.1, 0.15) is 16.0 Å². The Morgan fingerprint density at radius 2 is 2.00 bits per heavy atom. The number of anilines is 2. The van der Waals surface area contributed by atoms with E-state index in [1.165, 1.54) is 23.4 Å². The highest BCUT2D eigenvalue weighted by atomic mass is 32.1. The molecule has 132 valence electrons. The zero-order chi connectivity index (χ0) is 17.9. The Bertz CT molecular complexity index is 906. The van der Waals surface area contributed by atoms with Crippen LogP contribution in [0.5, 0.6) is 0 Å². The van der Waals surface area contributed by atoms with E-state index in [4.69, 9.17) is 0 Å². The number of benzene rings is 2. The lowest BCUT2D eigenvalue weighted by atomic mass is 10.1. The topological polar surface area (TPSA) is 32.3 Å². The molecule has 2 aromatic carbocycles. The van der Waals surface area contributed by atoms with Crippen molar-refractivity contribution in [3.63, 3.8) is 0 Å². The Morgan fingerprint density at radius 3 is 2.77 bits per heavy atom. The standard InChI is InChI=1S/C21H19FN2OS/c22-17-5-3-15(4-6-17)14-24-10-9-16-12-18(7-8-20(16)24)23-21(25)13-19-2-1-11-26-19/h1-8,11-12H,9-10,13-14H2,(H,23,25). The average molecular weight is 366 g/mol. The Morgan fingerprint density at radius 1 is 1.15 bits per heavy atom. The van der Waals surface area contributed by atoms with Gasteiger partial charge in [-0.25, -0.2) is 4.39 Å². The molecule has 4 rings (SSSR count). The molecular formula is C21H19FN2OS. The molecule has 2 heterocycles. The molecular weight excluding hydrogens is 347 g/mol. The first-order chi connectivity index (χ1) is 12.7. The molecule has 26 heavy (non-hydrogen) atoms. The molecule has 1 aliphatic heterocycles. The van der Waals surface area contributed by atoms with Gasteiger partial charge >= 0.3 is 0 Å². The summed E-state index contributed by atoms with van der Waals surface area (Å²) >= 11 is 1.59. The van der Waals surface area contributed by atoms with Crippen molar-refractivity contribution in [2.45, 2.75) is 19.4 Å². The smallest absolute Gasteiger partial charge is 0.229 e. The van der Waals surface area contributed by atoms with E-state index in [1.54, 1.807) is 11.3 Å². The van der Waals surface area contributed by atoms with Crippen molar-refractivity contribution in [1.82, 2.24) is 0 Å². The summed E-state index contributed by atoms with van der Waals surface area (Å²) in [5.41, 5.74) is 4.35. The third-order valence-electron chi connectivity index (χ3n) is 4.56. The molecule has 0 aliphatic carbocycles. The number of nitrogens with one attached hydrogen (secondary N) is 1. The number of rotatable bonds is 5. The van der Waals surface area contributed by atoms with E-state index in [1.807, 2.05) is 35.7 Å². The van der Waals surface area contributed by atoms with Crippen LogP contribution in [0, 0.1) is 5.82 Å². The van der Waals surface area contributed by atoms with E-state index in [0.717, 1.165) is 35.6 Å². The molecule has 1 N–H and O–H groups in total. The highest BCUT2D eigenvalue weighted by molar-refractivity contribution is 7.10. The normalized spacial score (nSPS) is 12.9. The minimum atomic E-state index is -0.210. The molecule has 0 spiro atoms. The number of thiophene rings is 1. The lowest BCUT2D eigenvalue weighted by Crippen LogP contribution is -2.19. The van der Waals surface area contributed by atoms with Gasteiger partial charge in [0.1, 0.15) is 5.82 Å². The number of hydrogen-bond donors (Lipinski definition) is 1. The maximum absolute atomic E-state index is 13.1. The van der Waals surface area contributed by atoms with Crippen LogP contribution >= 0.6 is 11.3 Å². The first-order valence-corrected chi connectivity index (χ1v) is 9.50. The summed E-state index contributed by atoms with van der Waals surface area (Å²) in [6.07, 6.45) is 1.36. The molecule has 0 unspecified atom stereocenters. The lowest BCUT2D eigenvalue weighted by molar-refractivity contribution is -0.115. The summed E-state index contributed by atoms with van der Waals surface area (Å²) in [5.74, 6) is -0.202. The van der Waals surface area contributed by atoms with Crippen LogP contribution in [0.3, 0.4) is 0 Å². The number of fused-ring (bicyclic) bond motifs is 1. The van der Waals surface area contributed by atoms with Crippen LogP contribution in [0.25, 0.3) is 0 Å². The SMILES string of the molecule is O=C(Cc1cccs1)Nc1ccc2c(c1)CCN2Cc1ccc(F)cc1. The predicted octanol–water partition coefficient (Wildman–Crippen LogP) is 4.63. The summed E-state index contributed by atoms with van der Waals surface area (Å²) in [7, 11) is 0. The minimum absolute atomic E-state index is 0.00793. The maximum Gasteiger partial charge on any atom is 0.229 e. The van der Waals surface area contributed by atoms with Crippen LogP contribution in [-0.4, -0.2) is 12.5 Å². The van der Waals surface area contributed by atoms with E-state index < -0.39 is 0 Å². The van der Waals surface area contributed by atoms with Crippen molar-refractivity contribution in [3.8, 4) is 0 Å². The monoisotopic (exact) mass is 366 g/mol. The lowest BCUT2D eigenvalue weighted by Gasteiger charge is -2.19. The van der Waals surface area contributed by atoms with Crippen molar-refractivity contribution in [2.24, 2.45) is 0 Å². The highest BCUT2D eigenvalue weighted by Gasteiger charge is 2.19.